The molecule has 0 saturated carbocycles. The number of hydrogen-bond acceptors (Lipinski definition) is 7. The highest BCUT2D eigenvalue weighted by Gasteiger charge is 2.45. The number of amides is 1. The SMILES string of the molecule is O=C(c1cccc(OC(=O)C(F)(F)F)c1C(F)(F)F)N1CC2=C(C1)CN(c1ccc(OCCc3ccccc3)nn1)C2. The monoisotopic (exact) mass is 592 g/mol. The van der Waals surface area contributed by atoms with Crippen LogP contribution in [0.1, 0.15) is 21.5 Å². The molecular formula is C28H22F6N4O4. The number of rotatable bonds is 7. The molecule has 2 aromatic carbocycles. The predicted octanol–water partition coefficient (Wildman–Crippen LogP) is 4.86. The number of halogens is 6. The second-order valence-electron chi connectivity index (χ2n) is 9.60. The molecule has 0 fully saturated rings. The van der Waals surface area contributed by atoms with E-state index in [2.05, 4.69) is 14.9 Å². The summed E-state index contributed by atoms with van der Waals surface area (Å²) >= 11 is 0. The Kier molecular flexibility index (Phi) is 7.80. The molecule has 0 atom stereocenters. The molecule has 0 aliphatic carbocycles. The minimum absolute atomic E-state index is 0.0165. The maximum absolute atomic E-state index is 13.9. The normalized spacial score (nSPS) is 15.2. The molecule has 8 nitrogen and oxygen atoms in total. The fourth-order valence-electron chi connectivity index (χ4n) is 4.78. The van der Waals surface area contributed by atoms with Crippen LogP contribution in [0.2, 0.25) is 0 Å². The second kappa shape index (κ2) is 11.3. The van der Waals surface area contributed by atoms with E-state index in [9.17, 15) is 35.9 Å². The third-order valence-corrected chi connectivity index (χ3v) is 6.72. The first-order valence-electron chi connectivity index (χ1n) is 12.6. The van der Waals surface area contributed by atoms with E-state index in [1.165, 1.54) is 0 Å². The second-order valence-corrected chi connectivity index (χ2v) is 9.60. The molecule has 2 aliphatic rings. The van der Waals surface area contributed by atoms with Crippen molar-refractivity contribution in [2.24, 2.45) is 0 Å². The van der Waals surface area contributed by atoms with Gasteiger partial charge in [0, 0.05) is 38.7 Å². The lowest BCUT2D eigenvalue weighted by Crippen LogP contribution is -2.35. The molecule has 1 amide bonds. The van der Waals surface area contributed by atoms with Gasteiger partial charge in [-0.05, 0) is 34.9 Å². The van der Waals surface area contributed by atoms with E-state index in [1.54, 1.807) is 12.1 Å². The average molecular weight is 592 g/mol. The summed E-state index contributed by atoms with van der Waals surface area (Å²) in [7, 11) is 0. The molecule has 0 radical (unpaired) electrons. The van der Waals surface area contributed by atoms with Crippen molar-refractivity contribution in [2.75, 3.05) is 37.7 Å². The molecule has 0 spiro atoms. The Morgan fingerprint density at radius 1 is 0.810 bits per heavy atom. The molecule has 14 heteroatoms. The van der Waals surface area contributed by atoms with E-state index in [4.69, 9.17) is 4.74 Å². The Morgan fingerprint density at radius 2 is 1.50 bits per heavy atom. The molecule has 1 aromatic heterocycles. The molecule has 220 valence electrons. The van der Waals surface area contributed by atoms with Crippen molar-refractivity contribution in [3.05, 3.63) is 88.5 Å². The van der Waals surface area contributed by atoms with Crippen molar-refractivity contribution >= 4 is 17.7 Å². The first-order valence-corrected chi connectivity index (χ1v) is 12.6. The molecule has 0 bridgehead atoms. The third kappa shape index (κ3) is 6.31. The number of ether oxygens (including phenoxy) is 2. The van der Waals surface area contributed by atoms with Gasteiger partial charge in [-0.25, -0.2) is 4.79 Å². The summed E-state index contributed by atoms with van der Waals surface area (Å²) in [4.78, 5) is 27.4. The van der Waals surface area contributed by atoms with E-state index in [1.807, 2.05) is 35.2 Å². The Labute approximate surface area is 235 Å². The molecule has 42 heavy (non-hydrogen) atoms. The number of esters is 1. The quantitative estimate of drug-likeness (QED) is 0.168. The first kappa shape index (κ1) is 28.9. The van der Waals surface area contributed by atoms with Crippen LogP contribution in [-0.4, -0.2) is 65.9 Å². The summed E-state index contributed by atoms with van der Waals surface area (Å²) in [5.74, 6) is -4.36. The van der Waals surface area contributed by atoms with Crippen LogP contribution in [0.4, 0.5) is 32.2 Å². The van der Waals surface area contributed by atoms with Gasteiger partial charge >= 0.3 is 18.3 Å². The first-order chi connectivity index (χ1) is 19.9. The van der Waals surface area contributed by atoms with Gasteiger partial charge in [0.05, 0.1) is 12.2 Å². The number of hydrogen-bond donors (Lipinski definition) is 0. The van der Waals surface area contributed by atoms with Crippen molar-refractivity contribution in [1.82, 2.24) is 15.1 Å². The highest BCUT2D eigenvalue weighted by Crippen LogP contribution is 2.40. The minimum atomic E-state index is -5.52. The number of anilines is 1. The van der Waals surface area contributed by atoms with E-state index in [-0.39, 0.29) is 13.1 Å². The predicted molar refractivity (Wildman–Crippen MR) is 136 cm³/mol. The lowest BCUT2D eigenvalue weighted by atomic mass is 10.0. The van der Waals surface area contributed by atoms with Crippen LogP contribution in [-0.2, 0) is 17.4 Å². The Bertz CT molecular complexity index is 1490. The fourth-order valence-corrected chi connectivity index (χ4v) is 4.78. The number of benzene rings is 2. The summed E-state index contributed by atoms with van der Waals surface area (Å²) in [6, 6.07) is 15.5. The zero-order valence-electron chi connectivity index (χ0n) is 21.7. The van der Waals surface area contributed by atoms with E-state index in [0.717, 1.165) is 33.7 Å². The van der Waals surface area contributed by atoms with Gasteiger partial charge in [0.1, 0.15) is 11.3 Å². The van der Waals surface area contributed by atoms with Crippen molar-refractivity contribution in [1.29, 1.82) is 0 Å². The summed E-state index contributed by atoms with van der Waals surface area (Å²) in [6.07, 6.45) is -10.1. The largest absolute Gasteiger partial charge is 0.491 e. The van der Waals surface area contributed by atoms with Gasteiger partial charge < -0.3 is 19.3 Å². The zero-order chi connectivity index (χ0) is 30.1. The standard InChI is InChI=1S/C28H22F6N4O4/c29-27(30,31)24-20(7-4-8-21(24)42-26(40)28(32,33)34)25(39)38-15-18-13-37(14-19(18)16-38)22-9-10-23(36-35-22)41-12-11-17-5-2-1-3-6-17/h1-10H,11-16H2. The molecular weight excluding hydrogens is 570 g/mol. The highest BCUT2D eigenvalue weighted by atomic mass is 19.4. The summed E-state index contributed by atoms with van der Waals surface area (Å²) in [5.41, 5.74) is 0.0759. The lowest BCUT2D eigenvalue weighted by molar-refractivity contribution is -0.190. The van der Waals surface area contributed by atoms with Crippen molar-refractivity contribution < 1.29 is 45.4 Å². The zero-order valence-corrected chi connectivity index (χ0v) is 21.7. The van der Waals surface area contributed by atoms with Gasteiger partial charge in [-0.2, -0.15) is 26.3 Å². The van der Waals surface area contributed by atoms with Crippen molar-refractivity contribution in [3.8, 4) is 11.6 Å². The maximum atomic E-state index is 13.9. The van der Waals surface area contributed by atoms with Gasteiger partial charge in [-0.3, -0.25) is 4.79 Å². The molecule has 0 saturated heterocycles. The van der Waals surface area contributed by atoms with Gasteiger partial charge in [0.25, 0.3) is 5.91 Å². The number of carbonyl (C=O) groups is 2. The molecule has 0 unspecified atom stereocenters. The van der Waals surface area contributed by atoms with E-state index >= 15 is 0 Å². The van der Waals surface area contributed by atoms with Crippen molar-refractivity contribution in [3.63, 3.8) is 0 Å². The van der Waals surface area contributed by atoms with Crippen LogP contribution in [0.25, 0.3) is 0 Å². The smallest absolute Gasteiger partial charge is 0.476 e. The average Bonchev–Trinajstić information content (AvgIpc) is 3.52. The molecule has 3 aromatic rings. The molecule has 2 aliphatic heterocycles. The third-order valence-electron chi connectivity index (χ3n) is 6.72. The van der Waals surface area contributed by atoms with Crippen LogP contribution in [0.3, 0.4) is 0 Å². The minimum Gasteiger partial charge on any atom is -0.476 e. The summed E-state index contributed by atoms with van der Waals surface area (Å²) < 4.78 is 89.1. The fraction of sp³-hybridized carbons (Fsp3) is 0.286. The van der Waals surface area contributed by atoms with E-state index < -0.39 is 41.1 Å². The van der Waals surface area contributed by atoms with Crippen LogP contribution >= 0.6 is 0 Å². The number of aromatic nitrogens is 2. The maximum Gasteiger partial charge on any atom is 0.491 e. The number of alkyl halides is 6. The van der Waals surface area contributed by atoms with Crippen LogP contribution < -0.4 is 14.4 Å². The van der Waals surface area contributed by atoms with Crippen LogP contribution in [0.15, 0.2) is 71.8 Å². The Balaban J connectivity index is 1.21. The van der Waals surface area contributed by atoms with Gasteiger partial charge in [0.15, 0.2) is 5.82 Å². The lowest BCUT2D eigenvalue weighted by Gasteiger charge is -2.25. The highest BCUT2D eigenvalue weighted by molar-refractivity contribution is 5.97. The molecule has 5 rings (SSSR count). The van der Waals surface area contributed by atoms with Crippen molar-refractivity contribution in [2.45, 2.75) is 18.8 Å². The van der Waals surface area contributed by atoms with Crippen LogP contribution in [0, 0.1) is 0 Å². The van der Waals surface area contributed by atoms with Gasteiger partial charge in [-0.1, -0.05) is 36.4 Å². The van der Waals surface area contributed by atoms with Gasteiger partial charge in [-0.15, -0.1) is 10.2 Å². The molecule has 3 heterocycles. The van der Waals surface area contributed by atoms with Crippen LogP contribution in [0.5, 0.6) is 11.6 Å². The number of nitrogens with zero attached hydrogens (tertiary/aromatic N) is 4. The molecule has 0 N–H and O–H groups in total. The Morgan fingerprint density at radius 3 is 2.10 bits per heavy atom. The summed E-state index contributed by atoms with van der Waals surface area (Å²) in [6.45, 7) is 1.17. The number of carbonyl (C=O) groups excluding carboxylic acids is 2. The van der Waals surface area contributed by atoms with E-state index in [0.29, 0.717) is 43.9 Å². The summed E-state index contributed by atoms with van der Waals surface area (Å²) in [5, 5.41) is 8.30. The topological polar surface area (TPSA) is 84.9 Å². The van der Waals surface area contributed by atoms with Gasteiger partial charge in [0.2, 0.25) is 5.88 Å². The Hall–Kier alpha value is -4.62.